The first-order valence-corrected chi connectivity index (χ1v) is 11.2. The number of nitrogens with one attached hydrogen (secondary N) is 1. The third-order valence-electron chi connectivity index (χ3n) is 5.22. The molecule has 0 unspecified atom stereocenters. The van der Waals surface area contributed by atoms with Crippen molar-refractivity contribution >= 4 is 21.9 Å². The smallest absolute Gasteiger partial charge is 0.338 e. The van der Waals surface area contributed by atoms with Gasteiger partial charge in [0.25, 0.3) is 0 Å². The quantitative estimate of drug-likeness (QED) is 0.724. The Kier molecular flexibility index (Phi) is 6.69. The minimum atomic E-state index is -3.64. The van der Waals surface area contributed by atoms with Crippen molar-refractivity contribution in [1.82, 2.24) is 14.5 Å². The molecular weight excluding hydrogens is 382 g/mol. The van der Waals surface area contributed by atoms with Gasteiger partial charge < -0.3 is 10.1 Å². The van der Waals surface area contributed by atoms with Crippen molar-refractivity contribution in [2.45, 2.75) is 37.1 Å². The summed E-state index contributed by atoms with van der Waals surface area (Å²) in [5.41, 5.74) is 0.324. The highest BCUT2D eigenvalue weighted by Gasteiger charge is 2.34. The Morgan fingerprint density at radius 2 is 1.82 bits per heavy atom. The minimum absolute atomic E-state index is 0.0448. The van der Waals surface area contributed by atoms with Gasteiger partial charge in [-0.3, -0.25) is 9.69 Å². The molecule has 2 saturated heterocycles. The van der Waals surface area contributed by atoms with Crippen molar-refractivity contribution in [3.05, 3.63) is 29.8 Å². The van der Waals surface area contributed by atoms with Crippen molar-refractivity contribution in [2.24, 2.45) is 0 Å². The number of ether oxygens (including phenoxy) is 1. The van der Waals surface area contributed by atoms with Crippen LogP contribution in [0.25, 0.3) is 0 Å². The molecule has 2 heterocycles. The lowest BCUT2D eigenvalue weighted by Gasteiger charge is -2.37. The lowest BCUT2D eigenvalue weighted by atomic mass is 10.1. The van der Waals surface area contributed by atoms with E-state index in [0.29, 0.717) is 38.3 Å². The Bertz CT molecular complexity index is 801. The molecule has 0 aromatic heterocycles. The van der Waals surface area contributed by atoms with Crippen LogP contribution in [0.3, 0.4) is 0 Å². The van der Waals surface area contributed by atoms with Crippen molar-refractivity contribution in [3.63, 3.8) is 0 Å². The average molecular weight is 410 g/mol. The largest absolute Gasteiger partial charge is 0.462 e. The molecule has 28 heavy (non-hydrogen) atoms. The third-order valence-corrected chi connectivity index (χ3v) is 7.14. The van der Waals surface area contributed by atoms with E-state index < -0.39 is 16.0 Å². The summed E-state index contributed by atoms with van der Waals surface area (Å²) in [5.74, 6) is -0.426. The van der Waals surface area contributed by atoms with E-state index in [9.17, 15) is 18.0 Å². The van der Waals surface area contributed by atoms with Gasteiger partial charge in [0.2, 0.25) is 15.9 Å². The first-order valence-electron chi connectivity index (χ1n) is 9.72. The molecule has 0 saturated carbocycles. The summed E-state index contributed by atoms with van der Waals surface area (Å²) in [6, 6.07) is 5.64. The van der Waals surface area contributed by atoms with Crippen LogP contribution in [-0.2, 0) is 19.6 Å². The standard InChI is InChI=1S/C19H27N3O5S/c1-2-27-19(24)15-6-8-16(9-7-15)28(25,26)22-13-11-21(12-14-22)17-5-3-4-10-20-18(17)23/h6-9,17H,2-5,10-14H2,1H3,(H,20,23)/t17-/m1/s1. The number of carbonyl (C=O) groups is 2. The molecule has 1 N–H and O–H groups in total. The maximum atomic E-state index is 12.9. The molecule has 154 valence electrons. The number of hydrogen-bond acceptors (Lipinski definition) is 6. The zero-order valence-corrected chi connectivity index (χ0v) is 16.9. The predicted molar refractivity (Wildman–Crippen MR) is 103 cm³/mol. The van der Waals surface area contributed by atoms with Crippen molar-refractivity contribution in [3.8, 4) is 0 Å². The highest BCUT2D eigenvalue weighted by Crippen LogP contribution is 2.21. The van der Waals surface area contributed by atoms with E-state index in [1.54, 1.807) is 6.92 Å². The molecule has 1 atom stereocenters. The van der Waals surface area contributed by atoms with Gasteiger partial charge in [0, 0.05) is 32.7 Å². The molecular formula is C19H27N3O5S. The number of sulfonamides is 1. The highest BCUT2D eigenvalue weighted by atomic mass is 32.2. The summed E-state index contributed by atoms with van der Waals surface area (Å²) in [6.07, 6.45) is 2.79. The lowest BCUT2D eigenvalue weighted by Crippen LogP contribution is -2.55. The van der Waals surface area contributed by atoms with Gasteiger partial charge in [-0.05, 0) is 50.5 Å². The molecule has 0 radical (unpaired) electrons. The van der Waals surface area contributed by atoms with Gasteiger partial charge in [-0.2, -0.15) is 4.31 Å². The SMILES string of the molecule is CCOC(=O)c1ccc(S(=O)(=O)N2CCN([C@@H]3CCCCNC3=O)CC2)cc1. The average Bonchev–Trinajstić information content (AvgIpc) is 2.92. The van der Waals surface area contributed by atoms with Crippen molar-refractivity contribution < 1.29 is 22.7 Å². The zero-order valence-electron chi connectivity index (χ0n) is 16.1. The number of piperazine rings is 1. The van der Waals surface area contributed by atoms with Crippen LogP contribution in [-0.4, -0.2) is 74.9 Å². The van der Waals surface area contributed by atoms with Gasteiger partial charge in [-0.25, -0.2) is 13.2 Å². The number of esters is 1. The van der Waals surface area contributed by atoms with Crippen molar-refractivity contribution in [2.75, 3.05) is 39.3 Å². The van der Waals surface area contributed by atoms with E-state index in [1.807, 2.05) is 0 Å². The summed E-state index contributed by atoms with van der Waals surface area (Å²) in [4.78, 5) is 26.2. The normalized spacial score (nSPS) is 22.3. The molecule has 0 aliphatic carbocycles. The van der Waals surface area contributed by atoms with E-state index in [0.717, 1.165) is 19.3 Å². The highest BCUT2D eigenvalue weighted by molar-refractivity contribution is 7.89. The summed E-state index contributed by atoms with van der Waals surface area (Å²) in [7, 11) is -3.64. The number of hydrogen-bond donors (Lipinski definition) is 1. The van der Waals surface area contributed by atoms with Crippen LogP contribution in [0.15, 0.2) is 29.2 Å². The van der Waals surface area contributed by atoms with Crippen LogP contribution in [0.5, 0.6) is 0 Å². The number of carbonyl (C=O) groups excluding carboxylic acids is 2. The van der Waals surface area contributed by atoms with Crippen LogP contribution in [0.4, 0.5) is 0 Å². The molecule has 0 bridgehead atoms. The van der Waals surface area contributed by atoms with Crippen LogP contribution in [0.1, 0.15) is 36.5 Å². The Labute approximate surface area is 165 Å². The van der Waals surface area contributed by atoms with Gasteiger partial charge in [0.1, 0.15) is 0 Å². The summed E-state index contributed by atoms with van der Waals surface area (Å²) < 4.78 is 32.2. The zero-order chi connectivity index (χ0) is 20.1. The maximum absolute atomic E-state index is 12.9. The van der Waals surface area contributed by atoms with Gasteiger partial charge in [0.15, 0.2) is 0 Å². The van der Waals surface area contributed by atoms with E-state index in [1.165, 1.54) is 28.6 Å². The molecule has 2 aliphatic rings. The summed E-state index contributed by atoms with van der Waals surface area (Å²) in [5, 5.41) is 2.93. The fourth-order valence-electron chi connectivity index (χ4n) is 3.65. The van der Waals surface area contributed by atoms with Gasteiger partial charge in [-0.15, -0.1) is 0 Å². The monoisotopic (exact) mass is 409 g/mol. The second-order valence-electron chi connectivity index (χ2n) is 6.99. The fraction of sp³-hybridized carbons (Fsp3) is 0.579. The predicted octanol–water partition coefficient (Wildman–Crippen LogP) is 0.838. The molecule has 9 heteroatoms. The third kappa shape index (κ3) is 4.53. The molecule has 1 aromatic rings. The Morgan fingerprint density at radius 1 is 1.14 bits per heavy atom. The van der Waals surface area contributed by atoms with Gasteiger partial charge in [-0.1, -0.05) is 0 Å². The second kappa shape index (κ2) is 9.02. The van der Waals surface area contributed by atoms with E-state index in [2.05, 4.69) is 10.2 Å². The molecule has 2 aliphatic heterocycles. The second-order valence-corrected chi connectivity index (χ2v) is 8.93. The Balaban J connectivity index is 1.64. The lowest BCUT2D eigenvalue weighted by molar-refractivity contribution is -0.126. The van der Waals surface area contributed by atoms with E-state index in [4.69, 9.17) is 4.74 Å². The first-order chi connectivity index (χ1) is 13.4. The van der Waals surface area contributed by atoms with E-state index in [-0.39, 0.29) is 23.5 Å². The molecule has 1 aromatic carbocycles. The molecule has 8 nitrogen and oxygen atoms in total. The fourth-order valence-corrected chi connectivity index (χ4v) is 5.08. The summed E-state index contributed by atoms with van der Waals surface area (Å²) >= 11 is 0. The number of rotatable bonds is 5. The maximum Gasteiger partial charge on any atom is 0.338 e. The van der Waals surface area contributed by atoms with E-state index >= 15 is 0 Å². The molecule has 3 rings (SSSR count). The van der Waals surface area contributed by atoms with Crippen molar-refractivity contribution in [1.29, 1.82) is 0 Å². The first kappa shape index (κ1) is 20.8. The van der Waals surface area contributed by atoms with Gasteiger partial charge in [0.05, 0.1) is 23.1 Å². The Hall–Kier alpha value is -1.97. The molecule has 2 fully saturated rings. The Morgan fingerprint density at radius 3 is 2.46 bits per heavy atom. The molecule has 0 spiro atoms. The number of nitrogens with zero attached hydrogens (tertiary/aromatic N) is 2. The number of amides is 1. The van der Waals surface area contributed by atoms with Crippen LogP contribution < -0.4 is 5.32 Å². The molecule has 1 amide bonds. The van der Waals surface area contributed by atoms with Crippen LogP contribution in [0.2, 0.25) is 0 Å². The minimum Gasteiger partial charge on any atom is -0.462 e. The van der Waals surface area contributed by atoms with Crippen LogP contribution >= 0.6 is 0 Å². The topological polar surface area (TPSA) is 96.0 Å². The van der Waals surface area contributed by atoms with Crippen LogP contribution in [0, 0.1) is 0 Å². The number of benzene rings is 1. The van der Waals surface area contributed by atoms with Gasteiger partial charge >= 0.3 is 5.97 Å². The summed E-state index contributed by atoms with van der Waals surface area (Å²) in [6.45, 7) is 4.43.